The monoisotopic (exact) mass is 318 g/mol. The summed E-state index contributed by atoms with van der Waals surface area (Å²) in [6.07, 6.45) is 1.56. The third-order valence-corrected chi connectivity index (χ3v) is 3.75. The van der Waals surface area contributed by atoms with Gasteiger partial charge < -0.3 is 10.1 Å². The molecule has 0 radical (unpaired) electrons. The van der Waals surface area contributed by atoms with Crippen molar-refractivity contribution in [1.82, 2.24) is 10.3 Å². The van der Waals surface area contributed by atoms with Crippen LogP contribution in [0.2, 0.25) is 0 Å². The number of aromatic nitrogens is 1. The summed E-state index contributed by atoms with van der Waals surface area (Å²) in [5, 5.41) is 3.09. The molecule has 0 aliphatic heterocycles. The summed E-state index contributed by atoms with van der Waals surface area (Å²) in [5.74, 6) is 0.243. The molecule has 0 unspecified atom stereocenters. The highest BCUT2D eigenvalue weighted by molar-refractivity contribution is 5.94. The fourth-order valence-electron chi connectivity index (χ4n) is 2.53. The molecule has 4 nitrogen and oxygen atoms in total. The standard InChI is InChI=1S/C20H18N2O2/c1-24-18-14-17(12-13-21-18)20(23)22-19(15-8-4-2-5-9-15)16-10-6-3-7-11-16/h2-14,19H,1H3,(H,22,23). The normalized spacial score (nSPS) is 10.4. The lowest BCUT2D eigenvalue weighted by Crippen LogP contribution is -2.29. The Morgan fingerprint density at radius 3 is 2.08 bits per heavy atom. The predicted molar refractivity (Wildman–Crippen MR) is 93.0 cm³/mol. The van der Waals surface area contributed by atoms with Crippen molar-refractivity contribution in [3.63, 3.8) is 0 Å². The Bertz CT molecular complexity index is 765. The van der Waals surface area contributed by atoms with Gasteiger partial charge in [0, 0.05) is 17.8 Å². The third-order valence-electron chi connectivity index (χ3n) is 3.75. The molecule has 0 fully saturated rings. The fraction of sp³-hybridized carbons (Fsp3) is 0.100. The molecule has 1 aromatic heterocycles. The molecular weight excluding hydrogens is 300 g/mol. The van der Waals surface area contributed by atoms with E-state index >= 15 is 0 Å². The van der Waals surface area contributed by atoms with Gasteiger partial charge in [-0.25, -0.2) is 4.98 Å². The number of nitrogens with zero attached hydrogens (tertiary/aromatic N) is 1. The molecule has 3 rings (SSSR count). The zero-order chi connectivity index (χ0) is 16.8. The molecule has 1 N–H and O–H groups in total. The largest absolute Gasteiger partial charge is 0.481 e. The summed E-state index contributed by atoms with van der Waals surface area (Å²) in [5.41, 5.74) is 2.56. The van der Waals surface area contributed by atoms with Gasteiger partial charge in [0.2, 0.25) is 5.88 Å². The minimum Gasteiger partial charge on any atom is -0.481 e. The van der Waals surface area contributed by atoms with Crippen LogP contribution < -0.4 is 10.1 Å². The number of carbonyl (C=O) groups is 1. The van der Waals surface area contributed by atoms with E-state index in [1.807, 2.05) is 60.7 Å². The van der Waals surface area contributed by atoms with E-state index in [0.717, 1.165) is 11.1 Å². The third kappa shape index (κ3) is 3.60. The van der Waals surface area contributed by atoms with Crippen LogP contribution in [-0.4, -0.2) is 18.0 Å². The Balaban J connectivity index is 1.91. The number of pyridine rings is 1. The van der Waals surface area contributed by atoms with Gasteiger partial charge in [-0.3, -0.25) is 4.79 Å². The first kappa shape index (κ1) is 15.7. The maximum Gasteiger partial charge on any atom is 0.252 e. The number of hydrogen-bond donors (Lipinski definition) is 1. The molecule has 1 amide bonds. The lowest BCUT2D eigenvalue weighted by molar-refractivity contribution is 0.0942. The predicted octanol–water partition coefficient (Wildman–Crippen LogP) is 3.61. The van der Waals surface area contributed by atoms with E-state index in [1.165, 1.54) is 7.11 Å². The summed E-state index contributed by atoms with van der Waals surface area (Å²) in [7, 11) is 1.53. The topological polar surface area (TPSA) is 51.2 Å². The number of amides is 1. The Kier molecular flexibility index (Phi) is 4.87. The summed E-state index contributed by atoms with van der Waals surface area (Å²) in [6.45, 7) is 0. The smallest absolute Gasteiger partial charge is 0.252 e. The molecule has 0 saturated carbocycles. The summed E-state index contributed by atoms with van der Waals surface area (Å²) in [6, 6.07) is 22.9. The molecule has 4 heteroatoms. The van der Waals surface area contributed by atoms with Gasteiger partial charge in [0.15, 0.2) is 0 Å². The van der Waals surface area contributed by atoms with Crippen LogP contribution in [0.15, 0.2) is 79.0 Å². The first-order valence-corrected chi connectivity index (χ1v) is 7.69. The maximum atomic E-state index is 12.7. The summed E-state index contributed by atoms with van der Waals surface area (Å²) >= 11 is 0. The van der Waals surface area contributed by atoms with Crippen molar-refractivity contribution in [3.05, 3.63) is 95.7 Å². The number of rotatable bonds is 5. The van der Waals surface area contributed by atoms with E-state index < -0.39 is 0 Å². The van der Waals surface area contributed by atoms with Gasteiger partial charge in [0.05, 0.1) is 13.2 Å². The Morgan fingerprint density at radius 2 is 1.54 bits per heavy atom. The van der Waals surface area contributed by atoms with E-state index in [9.17, 15) is 4.79 Å². The Hall–Kier alpha value is -3.14. The molecule has 0 aliphatic carbocycles. The molecular formula is C20H18N2O2. The van der Waals surface area contributed by atoms with Crippen molar-refractivity contribution in [2.24, 2.45) is 0 Å². The molecule has 0 atom stereocenters. The van der Waals surface area contributed by atoms with E-state index in [4.69, 9.17) is 4.74 Å². The highest BCUT2D eigenvalue weighted by Gasteiger charge is 2.18. The number of nitrogens with one attached hydrogen (secondary N) is 1. The van der Waals surface area contributed by atoms with Crippen LogP contribution in [0.3, 0.4) is 0 Å². The van der Waals surface area contributed by atoms with E-state index in [1.54, 1.807) is 18.3 Å². The van der Waals surface area contributed by atoms with Crippen LogP contribution in [0.5, 0.6) is 5.88 Å². The second kappa shape index (κ2) is 7.42. The SMILES string of the molecule is COc1cc(C(=O)NC(c2ccccc2)c2ccccc2)ccn1. The molecule has 0 aliphatic rings. The van der Waals surface area contributed by atoms with E-state index in [2.05, 4.69) is 10.3 Å². The van der Waals surface area contributed by atoms with Crippen molar-refractivity contribution >= 4 is 5.91 Å². The molecule has 1 heterocycles. The quantitative estimate of drug-likeness (QED) is 0.782. The average Bonchev–Trinajstić information content (AvgIpc) is 2.67. The van der Waals surface area contributed by atoms with Gasteiger partial charge in [-0.15, -0.1) is 0 Å². The maximum absolute atomic E-state index is 12.7. The highest BCUT2D eigenvalue weighted by atomic mass is 16.5. The van der Waals surface area contributed by atoms with Crippen LogP contribution in [0.4, 0.5) is 0 Å². The van der Waals surface area contributed by atoms with Crippen LogP contribution in [-0.2, 0) is 0 Å². The second-order valence-corrected chi connectivity index (χ2v) is 5.31. The zero-order valence-electron chi connectivity index (χ0n) is 13.3. The number of methoxy groups -OCH3 is 1. The van der Waals surface area contributed by atoms with Crippen LogP contribution in [0, 0.1) is 0 Å². The van der Waals surface area contributed by atoms with Crippen molar-refractivity contribution in [2.45, 2.75) is 6.04 Å². The van der Waals surface area contributed by atoms with Crippen LogP contribution >= 0.6 is 0 Å². The zero-order valence-corrected chi connectivity index (χ0v) is 13.3. The van der Waals surface area contributed by atoms with Gasteiger partial charge in [0.1, 0.15) is 0 Å². The molecule has 120 valence electrons. The van der Waals surface area contributed by atoms with Crippen molar-refractivity contribution in [1.29, 1.82) is 0 Å². The Morgan fingerprint density at radius 1 is 0.958 bits per heavy atom. The van der Waals surface area contributed by atoms with Crippen LogP contribution in [0.1, 0.15) is 27.5 Å². The summed E-state index contributed by atoms with van der Waals surface area (Å²) in [4.78, 5) is 16.7. The van der Waals surface area contributed by atoms with Gasteiger partial charge in [-0.05, 0) is 17.2 Å². The van der Waals surface area contributed by atoms with Crippen molar-refractivity contribution in [2.75, 3.05) is 7.11 Å². The highest BCUT2D eigenvalue weighted by Crippen LogP contribution is 2.22. The molecule has 0 saturated heterocycles. The number of ether oxygens (including phenoxy) is 1. The number of hydrogen-bond acceptors (Lipinski definition) is 3. The molecule has 24 heavy (non-hydrogen) atoms. The molecule has 0 bridgehead atoms. The van der Waals surface area contributed by atoms with Gasteiger partial charge in [-0.2, -0.15) is 0 Å². The van der Waals surface area contributed by atoms with Gasteiger partial charge in [-0.1, -0.05) is 60.7 Å². The molecule has 0 spiro atoms. The lowest BCUT2D eigenvalue weighted by Gasteiger charge is -2.20. The first-order chi connectivity index (χ1) is 11.8. The van der Waals surface area contributed by atoms with Crippen LogP contribution in [0.25, 0.3) is 0 Å². The summed E-state index contributed by atoms with van der Waals surface area (Å²) < 4.78 is 5.09. The van der Waals surface area contributed by atoms with Gasteiger partial charge in [0.25, 0.3) is 5.91 Å². The molecule has 2 aromatic carbocycles. The van der Waals surface area contributed by atoms with Gasteiger partial charge >= 0.3 is 0 Å². The lowest BCUT2D eigenvalue weighted by atomic mass is 9.98. The minimum atomic E-state index is -0.223. The van der Waals surface area contributed by atoms with E-state index in [0.29, 0.717) is 11.4 Å². The number of benzene rings is 2. The first-order valence-electron chi connectivity index (χ1n) is 7.69. The molecule has 3 aromatic rings. The minimum absolute atomic E-state index is 0.173. The fourth-order valence-corrected chi connectivity index (χ4v) is 2.53. The number of carbonyl (C=O) groups excluding carboxylic acids is 1. The second-order valence-electron chi connectivity index (χ2n) is 5.31. The Labute approximate surface area is 141 Å². The van der Waals surface area contributed by atoms with Crippen molar-refractivity contribution in [3.8, 4) is 5.88 Å². The van der Waals surface area contributed by atoms with Crippen molar-refractivity contribution < 1.29 is 9.53 Å². The van der Waals surface area contributed by atoms with E-state index in [-0.39, 0.29) is 11.9 Å². The average molecular weight is 318 g/mol.